The van der Waals surface area contributed by atoms with Gasteiger partial charge in [0.15, 0.2) is 0 Å². The largest absolute Gasteiger partial charge is 0.369 e. The number of hydrogen-bond donors (Lipinski definition) is 3. The van der Waals surface area contributed by atoms with E-state index in [2.05, 4.69) is 57.2 Å². The number of benzene rings is 2. The first-order valence-electron chi connectivity index (χ1n) is 10.2. The normalized spacial score (nSPS) is 23.0. The third-order valence-corrected chi connectivity index (χ3v) is 5.80. The van der Waals surface area contributed by atoms with E-state index in [1.165, 1.54) is 5.69 Å². The van der Waals surface area contributed by atoms with Gasteiger partial charge in [0.05, 0.1) is 12.0 Å². The first-order chi connectivity index (χ1) is 13.7. The molecular weight excluding hydrogens is 350 g/mol. The van der Waals surface area contributed by atoms with E-state index in [1.807, 2.05) is 30.3 Å². The summed E-state index contributed by atoms with van der Waals surface area (Å²) in [7, 11) is 0. The molecule has 0 saturated carbocycles. The van der Waals surface area contributed by atoms with E-state index in [0.717, 1.165) is 44.0 Å². The maximum Gasteiger partial charge on any atom is 0.230 e. The number of hydrogen-bond acceptors (Lipinski definition) is 5. The molecule has 2 aliphatic heterocycles. The van der Waals surface area contributed by atoms with Gasteiger partial charge in [-0.3, -0.25) is 10.2 Å². The molecule has 2 unspecified atom stereocenters. The lowest BCUT2D eigenvalue weighted by Crippen LogP contribution is -2.46. The van der Waals surface area contributed by atoms with Gasteiger partial charge in [-0.25, -0.2) is 5.43 Å². The number of rotatable bonds is 5. The molecule has 2 aliphatic rings. The van der Waals surface area contributed by atoms with Crippen LogP contribution in [-0.4, -0.2) is 50.1 Å². The fourth-order valence-electron chi connectivity index (χ4n) is 4.03. The summed E-state index contributed by atoms with van der Waals surface area (Å²) in [6, 6.07) is 18.3. The van der Waals surface area contributed by atoms with Gasteiger partial charge in [-0.15, -0.1) is 0 Å². The summed E-state index contributed by atoms with van der Waals surface area (Å²) < 4.78 is 0. The van der Waals surface area contributed by atoms with Crippen molar-refractivity contribution >= 4 is 17.3 Å². The number of piperazine rings is 1. The van der Waals surface area contributed by atoms with Crippen LogP contribution in [0.15, 0.2) is 54.6 Å². The number of nitrogens with one attached hydrogen (secondary N) is 3. The average molecular weight is 380 g/mol. The lowest BCUT2D eigenvalue weighted by atomic mass is 9.94. The van der Waals surface area contributed by atoms with Crippen molar-refractivity contribution in [2.24, 2.45) is 5.92 Å². The van der Waals surface area contributed by atoms with E-state index in [9.17, 15) is 4.79 Å². The summed E-state index contributed by atoms with van der Waals surface area (Å²) >= 11 is 0. The molecule has 2 fully saturated rings. The fourth-order valence-corrected chi connectivity index (χ4v) is 4.03. The van der Waals surface area contributed by atoms with Crippen molar-refractivity contribution in [1.82, 2.24) is 15.8 Å². The Labute approximate surface area is 166 Å². The first-order valence-corrected chi connectivity index (χ1v) is 10.2. The molecule has 0 radical (unpaired) electrons. The predicted molar refractivity (Wildman–Crippen MR) is 113 cm³/mol. The summed E-state index contributed by atoms with van der Waals surface area (Å²) in [5.41, 5.74) is 9.54. The summed E-state index contributed by atoms with van der Waals surface area (Å²) in [5, 5.41) is 3.08. The van der Waals surface area contributed by atoms with Gasteiger partial charge in [-0.1, -0.05) is 37.3 Å². The molecule has 3 N–H and O–H groups in total. The summed E-state index contributed by atoms with van der Waals surface area (Å²) in [6.45, 7) is 8.27. The van der Waals surface area contributed by atoms with Crippen molar-refractivity contribution in [1.29, 1.82) is 0 Å². The molecule has 4 rings (SSSR count). The molecule has 0 aromatic heterocycles. The fraction of sp³-hybridized carbons (Fsp3) is 0.409. The number of anilines is 2. The molecule has 0 spiro atoms. The third kappa shape index (κ3) is 4.19. The Hall–Kier alpha value is -2.41. The Morgan fingerprint density at radius 2 is 1.75 bits per heavy atom. The van der Waals surface area contributed by atoms with Crippen molar-refractivity contribution in [3.05, 3.63) is 60.2 Å². The van der Waals surface area contributed by atoms with Crippen LogP contribution in [0.4, 0.5) is 11.4 Å². The number of amides is 1. The molecule has 2 aromatic rings. The Morgan fingerprint density at radius 1 is 1.04 bits per heavy atom. The summed E-state index contributed by atoms with van der Waals surface area (Å²) in [6.07, 6.45) is 0. The minimum atomic E-state index is -0.149. The van der Waals surface area contributed by atoms with Gasteiger partial charge in [0.1, 0.15) is 0 Å². The Morgan fingerprint density at radius 3 is 2.43 bits per heavy atom. The van der Waals surface area contributed by atoms with Gasteiger partial charge in [0.2, 0.25) is 5.91 Å². The van der Waals surface area contributed by atoms with Crippen molar-refractivity contribution in [2.45, 2.75) is 13.0 Å². The lowest BCUT2D eigenvalue weighted by Gasteiger charge is -2.35. The molecule has 28 heavy (non-hydrogen) atoms. The monoisotopic (exact) mass is 379 g/mol. The van der Waals surface area contributed by atoms with Crippen molar-refractivity contribution < 1.29 is 4.79 Å². The highest BCUT2D eigenvalue weighted by molar-refractivity contribution is 5.93. The quantitative estimate of drug-likeness (QED) is 0.744. The maximum absolute atomic E-state index is 12.8. The lowest BCUT2D eigenvalue weighted by molar-refractivity contribution is -0.119. The first kappa shape index (κ1) is 18.9. The van der Waals surface area contributed by atoms with E-state index in [0.29, 0.717) is 6.54 Å². The Bertz CT molecular complexity index is 771. The minimum Gasteiger partial charge on any atom is -0.369 e. The smallest absolute Gasteiger partial charge is 0.230 e. The van der Waals surface area contributed by atoms with Crippen LogP contribution >= 0.6 is 0 Å². The highest BCUT2D eigenvalue weighted by Crippen LogP contribution is 2.26. The molecule has 2 aromatic carbocycles. The maximum atomic E-state index is 12.8. The van der Waals surface area contributed by atoms with Crippen LogP contribution in [-0.2, 0) is 4.79 Å². The van der Waals surface area contributed by atoms with Gasteiger partial charge < -0.3 is 15.1 Å². The molecule has 0 bridgehead atoms. The summed E-state index contributed by atoms with van der Waals surface area (Å²) in [5.74, 6) is -0.111. The molecule has 6 heteroatoms. The molecular formula is C22H29N5O. The minimum absolute atomic E-state index is 0.0182. The van der Waals surface area contributed by atoms with E-state index in [1.54, 1.807) is 0 Å². The van der Waals surface area contributed by atoms with Gasteiger partial charge in [0, 0.05) is 44.1 Å². The zero-order valence-electron chi connectivity index (χ0n) is 16.4. The topological polar surface area (TPSA) is 59.6 Å². The van der Waals surface area contributed by atoms with Crippen LogP contribution < -0.4 is 21.1 Å². The number of likely N-dealkylation sites (N-methyl/N-ethyl adjacent to an activating group) is 1. The second kappa shape index (κ2) is 8.73. The van der Waals surface area contributed by atoms with Crippen molar-refractivity contribution in [3.8, 4) is 0 Å². The molecule has 2 saturated heterocycles. The Balaban J connectivity index is 1.37. The number of carbonyl (C=O) groups excluding carboxylic acids is 1. The number of hydrazine groups is 1. The molecule has 2 heterocycles. The van der Waals surface area contributed by atoms with Crippen LogP contribution in [0.5, 0.6) is 0 Å². The zero-order chi connectivity index (χ0) is 19.3. The third-order valence-electron chi connectivity index (χ3n) is 5.80. The average Bonchev–Trinajstić information content (AvgIpc) is 3.25. The Kier molecular flexibility index (Phi) is 5.90. The molecule has 1 amide bonds. The van der Waals surface area contributed by atoms with E-state index in [-0.39, 0.29) is 17.9 Å². The van der Waals surface area contributed by atoms with E-state index < -0.39 is 0 Å². The molecule has 2 atom stereocenters. The van der Waals surface area contributed by atoms with Crippen LogP contribution in [0, 0.1) is 5.92 Å². The van der Waals surface area contributed by atoms with E-state index in [4.69, 9.17) is 0 Å². The van der Waals surface area contributed by atoms with Crippen LogP contribution in [0.1, 0.15) is 18.5 Å². The van der Waals surface area contributed by atoms with Gasteiger partial charge in [0.25, 0.3) is 0 Å². The van der Waals surface area contributed by atoms with Crippen molar-refractivity contribution in [2.75, 3.05) is 49.5 Å². The van der Waals surface area contributed by atoms with Gasteiger partial charge >= 0.3 is 0 Å². The number of carbonyl (C=O) groups is 1. The predicted octanol–water partition coefficient (Wildman–Crippen LogP) is 2.23. The molecule has 0 aliphatic carbocycles. The SMILES string of the molecule is CCN1CCN(c2ccc(NC(=O)C3CNNC3c3ccccc3)cc2)CC1. The van der Waals surface area contributed by atoms with Crippen LogP contribution in [0.3, 0.4) is 0 Å². The zero-order valence-corrected chi connectivity index (χ0v) is 16.4. The van der Waals surface area contributed by atoms with Gasteiger partial charge in [-0.2, -0.15) is 0 Å². The second-order valence-corrected chi connectivity index (χ2v) is 7.48. The molecule has 6 nitrogen and oxygen atoms in total. The highest BCUT2D eigenvalue weighted by atomic mass is 16.2. The van der Waals surface area contributed by atoms with Gasteiger partial charge in [-0.05, 0) is 36.4 Å². The summed E-state index contributed by atoms with van der Waals surface area (Å²) in [4.78, 5) is 17.7. The van der Waals surface area contributed by atoms with Crippen molar-refractivity contribution in [3.63, 3.8) is 0 Å². The standard InChI is InChI=1S/C22H29N5O/c1-2-26-12-14-27(15-13-26)19-10-8-18(9-11-19)24-22(28)20-16-23-25-21(20)17-6-4-3-5-7-17/h3-11,20-21,23,25H,2,12-16H2,1H3,(H,24,28). The number of nitrogens with zero attached hydrogens (tertiary/aromatic N) is 2. The molecule has 148 valence electrons. The van der Waals surface area contributed by atoms with E-state index >= 15 is 0 Å². The highest BCUT2D eigenvalue weighted by Gasteiger charge is 2.33. The second-order valence-electron chi connectivity index (χ2n) is 7.48. The van der Waals surface area contributed by atoms with Crippen LogP contribution in [0.25, 0.3) is 0 Å². The van der Waals surface area contributed by atoms with Crippen LogP contribution in [0.2, 0.25) is 0 Å².